The Hall–Kier alpha value is -8.36. The number of hydrogen-bond acceptors (Lipinski definition) is 8. The second kappa shape index (κ2) is 25.0. The fourth-order valence-electron chi connectivity index (χ4n) is 15.4. The summed E-state index contributed by atoms with van der Waals surface area (Å²) in [4.78, 5) is 92.5. The molecule has 0 radical (unpaired) electrons. The van der Waals surface area contributed by atoms with E-state index in [9.17, 15) is 38.4 Å². The van der Waals surface area contributed by atoms with Crippen LogP contribution < -0.4 is 0 Å². The molecule has 2 aliphatic rings. The zero-order valence-corrected chi connectivity index (χ0v) is 57.0. The zero-order valence-electron chi connectivity index (χ0n) is 57.0. The van der Waals surface area contributed by atoms with Crippen LogP contribution in [0.2, 0.25) is 0 Å². The van der Waals surface area contributed by atoms with Crippen LogP contribution in [0.3, 0.4) is 0 Å². The average molecular weight is 1180 g/mol. The van der Waals surface area contributed by atoms with Crippen molar-refractivity contribution in [1.82, 2.24) is 0 Å². The van der Waals surface area contributed by atoms with Gasteiger partial charge in [-0.05, 0) is 354 Å². The molecular weight excluding hydrogens is 1090 g/mol. The van der Waals surface area contributed by atoms with E-state index >= 15 is 0 Å². The lowest BCUT2D eigenvalue weighted by Gasteiger charge is -2.36. The van der Waals surface area contributed by atoms with Crippen molar-refractivity contribution in [1.29, 1.82) is 0 Å². The molecule has 0 fully saturated rings. The van der Waals surface area contributed by atoms with Gasteiger partial charge in [0.1, 0.15) is 0 Å². The molecule has 8 aromatic carbocycles. The van der Waals surface area contributed by atoms with Crippen LogP contribution in [-0.2, 0) is 0 Å². The number of fused-ring (bicyclic) bond motifs is 3. The number of benzene rings is 8. The first-order valence-electron chi connectivity index (χ1n) is 30.5. The van der Waals surface area contributed by atoms with Gasteiger partial charge in [0.05, 0.1) is 0 Å². The molecule has 0 aliphatic heterocycles. The van der Waals surface area contributed by atoms with E-state index < -0.39 is 0 Å². The molecule has 88 heavy (non-hydrogen) atoms. The average Bonchev–Trinajstić information content (AvgIpc) is 0.703. The van der Waals surface area contributed by atoms with E-state index in [0.29, 0.717) is 50.4 Å². The number of aldehydes is 8. The van der Waals surface area contributed by atoms with Gasteiger partial charge in [-0.3, -0.25) is 38.4 Å². The van der Waals surface area contributed by atoms with Crippen LogP contribution in [0.4, 0.5) is 0 Å². The van der Waals surface area contributed by atoms with Crippen LogP contribution in [0, 0.1) is 138 Å². The first-order valence-corrected chi connectivity index (χ1v) is 30.5. The first-order chi connectivity index (χ1) is 41.3. The first kappa shape index (κ1) is 67.2. The number of hydrogen-bond donors (Lipinski definition) is 0. The maximum Gasteiger partial charge on any atom is 0.151 e. The highest BCUT2D eigenvalue weighted by Gasteiger charge is 2.36. The Labute approximate surface area is 521 Å². The molecule has 2 atom stereocenters. The molecular formula is C80H88O8. The van der Waals surface area contributed by atoms with Crippen molar-refractivity contribution in [2.75, 3.05) is 0 Å². The summed E-state index contributed by atoms with van der Waals surface area (Å²) in [6.45, 7) is 54.4. The van der Waals surface area contributed by atoms with Gasteiger partial charge in [0.15, 0.2) is 50.3 Å². The van der Waals surface area contributed by atoms with Gasteiger partial charge in [-0.2, -0.15) is 0 Å². The molecule has 8 aromatic rings. The highest BCUT2D eigenvalue weighted by atomic mass is 16.1. The van der Waals surface area contributed by atoms with E-state index in [2.05, 4.69) is 125 Å². The molecule has 0 spiro atoms. The summed E-state index contributed by atoms with van der Waals surface area (Å²) in [5.41, 5.74) is 36.7. The van der Waals surface area contributed by atoms with Gasteiger partial charge in [0.25, 0.3) is 0 Å². The standard InChI is InChI=1S/C26H28O2.C24H26O2.C18H20O2.C12H14O2/c1-11-13(3)21-17(7)18(8)22-14(4)12(2)16(6)24-20(10-28)19(9-27)23(15(11)5)25(21)26(22)24;1-11-12(2)14(4)22-18(8)24-16(6)20(10-26)19(9-25)15(5)23(24)17(7)21(22)13(11)3;1-9-10(2)12(4)18-14(6)16(8-20)15(7-19)13(5)17(18)11(9)3;1-7-8(2)10(4)12(6-14)11(5-13)9(7)3/h9-10,13,16H,1-8H3;9-10H,1-8H3;7-8H,1-6H3;5-6H,1-4H3. The second-order valence-electron chi connectivity index (χ2n) is 25.4. The molecule has 0 aromatic heterocycles. The van der Waals surface area contributed by atoms with Crippen molar-refractivity contribution < 1.29 is 38.4 Å². The monoisotopic (exact) mass is 1180 g/mol. The van der Waals surface area contributed by atoms with E-state index in [4.69, 9.17) is 0 Å². The van der Waals surface area contributed by atoms with Gasteiger partial charge in [-0.25, -0.2) is 0 Å². The molecule has 8 heteroatoms. The molecule has 0 N–H and O–H groups in total. The summed E-state index contributed by atoms with van der Waals surface area (Å²) in [5, 5.41) is 9.45. The van der Waals surface area contributed by atoms with E-state index in [0.717, 1.165) is 133 Å². The number of rotatable bonds is 8. The summed E-state index contributed by atoms with van der Waals surface area (Å²) >= 11 is 0. The van der Waals surface area contributed by atoms with E-state index in [1.165, 1.54) is 116 Å². The Kier molecular flexibility index (Phi) is 19.1. The summed E-state index contributed by atoms with van der Waals surface area (Å²) in [7, 11) is 0. The fraction of sp³-hybridized carbons (Fsp3) is 0.350. The third-order valence-electron chi connectivity index (χ3n) is 22.1. The predicted molar refractivity (Wildman–Crippen MR) is 367 cm³/mol. The van der Waals surface area contributed by atoms with Gasteiger partial charge in [-0.15, -0.1) is 0 Å². The summed E-state index contributed by atoms with van der Waals surface area (Å²) < 4.78 is 0. The molecule has 0 amide bonds. The van der Waals surface area contributed by atoms with Gasteiger partial charge < -0.3 is 0 Å². The number of carbonyl (C=O) groups excluding carboxylic acids is 8. The molecule has 0 saturated carbocycles. The Morgan fingerprint density at radius 1 is 0.193 bits per heavy atom. The third-order valence-corrected chi connectivity index (χ3v) is 22.1. The van der Waals surface area contributed by atoms with Crippen molar-refractivity contribution >= 4 is 105 Å². The van der Waals surface area contributed by atoms with Crippen molar-refractivity contribution in [3.63, 3.8) is 0 Å². The van der Waals surface area contributed by atoms with Crippen molar-refractivity contribution in [2.45, 2.75) is 192 Å². The molecule has 456 valence electrons. The predicted octanol–water partition coefficient (Wildman–Crippen LogP) is 19.8. The molecule has 0 saturated heterocycles. The summed E-state index contributed by atoms with van der Waals surface area (Å²) in [5.74, 6) is 0.426. The van der Waals surface area contributed by atoms with Crippen LogP contribution in [-0.4, -0.2) is 50.3 Å². The molecule has 0 heterocycles. The number of aryl methyl sites for hydroxylation is 10. The van der Waals surface area contributed by atoms with Crippen LogP contribution in [0.15, 0.2) is 11.1 Å². The normalized spacial score (nSPS) is 14.1. The highest BCUT2D eigenvalue weighted by Crippen LogP contribution is 2.55. The van der Waals surface area contributed by atoms with Crippen LogP contribution in [0.5, 0.6) is 0 Å². The molecule has 0 bridgehead atoms. The van der Waals surface area contributed by atoms with Gasteiger partial charge >= 0.3 is 0 Å². The van der Waals surface area contributed by atoms with Crippen LogP contribution in [0.1, 0.15) is 270 Å². The topological polar surface area (TPSA) is 137 Å². The van der Waals surface area contributed by atoms with Gasteiger partial charge in [0, 0.05) is 56.3 Å². The minimum absolute atomic E-state index is 0.123. The lowest BCUT2D eigenvalue weighted by atomic mass is 9.67. The minimum Gasteiger partial charge on any atom is -0.298 e. The number of carbonyl (C=O) groups is 8. The lowest BCUT2D eigenvalue weighted by Crippen LogP contribution is -2.19. The summed E-state index contributed by atoms with van der Waals surface area (Å²) in [6, 6.07) is 0. The molecule has 2 unspecified atom stereocenters. The van der Waals surface area contributed by atoms with Crippen molar-refractivity contribution in [3.05, 3.63) is 189 Å². The Morgan fingerprint density at radius 2 is 0.420 bits per heavy atom. The Bertz CT molecular complexity index is 4390. The smallest absolute Gasteiger partial charge is 0.151 e. The minimum atomic E-state index is 0.123. The second-order valence-corrected chi connectivity index (χ2v) is 25.4. The zero-order chi connectivity index (χ0) is 66.2. The maximum absolute atomic E-state index is 12.3. The van der Waals surface area contributed by atoms with Gasteiger partial charge in [0.2, 0.25) is 0 Å². The van der Waals surface area contributed by atoms with E-state index in [1.54, 1.807) is 0 Å². The fourth-order valence-corrected chi connectivity index (χ4v) is 15.4. The number of allylic oxidation sites excluding steroid dienone is 4. The Balaban J connectivity index is 0.000000172. The van der Waals surface area contributed by atoms with Crippen molar-refractivity contribution in [3.8, 4) is 0 Å². The molecule has 2 aliphatic carbocycles. The highest BCUT2D eigenvalue weighted by molar-refractivity contribution is 6.17. The Morgan fingerprint density at radius 3 is 0.716 bits per heavy atom. The van der Waals surface area contributed by atoms with Crippen molar-refractivity contribution in [2.24, 2.45) is 0 Å². The molecule has 8 nitrogen and oxygen atoms in total. The lowest BCUT2D eigenvalue weighted by molar-refractivity contribution is 0.109. The largest absolute Gasteiger partial charge is 0.298 e. The molecule has 10 rings (SSSR count). The third kappa shape index (κ3) is 9.81. The van der Waals surface area contributed by atoms with Gasteiger partial charge in [-0.1, -0.05) is 25.0 Å². The van der Waals surface area contributed by atoms with Crippen LogP contribution in [0.25, 0.3) is 54.2 Å². The van der Waals surface area contributed by atoms with Crippen LogP contribution >= 0.6 is 0 Å². The quantitative estimate of drug-likeness (QED) is 0.108. The van der Waals surface area contributed by atoms with E-state index in [1.807, 2.05) is 55.4 Å². The summed E-state index contributed by atoms with van der Waals surface area (Å²) in [6.07, 6.45) is 6.57. The SMILES string of the molecule is CC1=C(C)C(C)c2c(C)c(C)c3c4c(c(C=O)c(C=O)c1c24)C(C)C(C)=C3C.Cc1c(C)c(C)c(C=O)c(C=O)c1C.Cc1c(C)c(C)c2c(C)c(C=O)c(C=O)c(C)c2c1C.Cc1c(C)c(C)c2c(C)c3c(C)c(C=O)c(C=O)c(C)c3c(C)c2c1C. The maximum atomic E-state index is 12.3. The van der Waals surface area contributed by atoms with E-state index in [-0.39, 0.29) is 5.92 Å².